The van der Waals surface area contributed by atoms with E-state index in [9.17, 15) is 9.59 Å². The molecule has 0 heterocycles. The molecule has 0 spiro atoms. The number of carbonyl (C=O) groups is 2. The van der Waals surface area contributed by atoms with Gasteiger partial charge in [-0.3, -0.25) is 0 Å². The molecule has 0 aromatic heterocycles. The highest BCUT2D eigenvalue weighted by Gasteiger charge is 2.32. The van der Waals surface area contributed by atoms with Gasteiger partial charge in [-0.05, 0) is 48.7 Å². The first-order valence-corrected chi connectivity index (χ1v) is 11.4. The topological polar surface area (TPSA) is 64.6 Å². The number of methoxy groups -OCH3 is 1. The van der Waals surface area contributed by atoms with Gasteiger partial charge < -0.3 is 14.8 Å². The maximum atomic E-state index is 13.0. The summed E-state index contributed by atoms with van der Waals surface area (Å²) in [5.74, 6) is -0.826. The predicted molar refractivity (Wildman–Crippen MR) is 130 cm³/mol. The second-order valence-electron chi connectivity index (χ2n) is 7.79. The molecule has 0 aliphatic carbocycles. The van der Waals surface area contributed by atoms with Gasteiger partial charge in [0.25, 0.3) is 0 Å². The molecule has 172 valence electrons. The number of hydrogen-bond acceptors (Lipinski definition) is 5. The highest BCUT2D eigenvalue weighted by atomic mass is 16.5. The lowest BCUT2D eigenvalue weighted by Gasteiger charge is -2.29. The van der Waals surface area contributed by atoms with Crippen LogP contribution in [-0.4, -0.2) is 31.7 Å². The normalized spacial score (nSPS) is 12.5. The summed E-state index contributed by atoms with van der Waals surface area (Å²) in [6, 6.07) is 16.3. The van der Waals surface area contributed by atoms with Crippen LogP contribution in [0, 0.1) is 5.92 Å². The van der Waals surface area contributed by atoms with Crippen molar-refractivity contribution in [1.82, 2.24) is 0 Å². The lowest BCUT2D eigenvalue weighted by molar-refractivity contribution is -0.144. The van der Waals surface area contributed by atoms with Gasteiger partial charge in [-0.25, -0.2) is 9.59 Å². The number of rotatable bonds is 13. The molecule has 1 N–H and O–H groups in total. The average molecular weight is 438 g/mol. The molecule has 0 amide bonds. The maximum absolute atomic E-state index is 13.0. The van der Waals surface area contributed by atoms with Crippen molar-refractivity contribution >= 4 is 23.2 Å². The first kappa shape index (κ1) is 25.2. The SMILES string of the molecule is C=C(c1ccc(C(=O)OC)cc1)C(CCCCCC)C(Nc1ccccc1)C(=O)OCC. The van der Waals surface area contributed by atoms with Crippen LogP contribution in [0.1, 0.15) is 61.9 Å². The summed E-state index contributed by atoms with van der Waals surface area (Å²) in [5.41, 5.74) is 3.08. The van der Waals surface area contributed by atoms with Crippen LogP contribution in [0.3, 0.4) is 0 Å². The minimum Gasteiger partial charge on any atom is -0.465 e. The molecule has 0 bridgehead atoms. The second-order valence-corrected chi connectivity index (χ2v) is 7.79. The summed E-state index contributed by atoms with van der Waals surface area (Å²) in [6.07, 6.45) is 5.20. The van der Waals surface area contributed by atoms with Crippen LogP contribution in [0.2, 0.25) is 0 Å². The quantitative estimate of drug-likeness (QED) is 0.302. The molecular formula is C27H35NO4. The summed E-state index contributed by atoms with van der Waals surface area (Å²) in [5, 5.41) is 3.38. The van der Waals surface area contributed by atoms with Gasteiger partial charge in [0.05, 0.1) is 19.3 Å². The van der Waals surface area contributed by atoms with E-state index in [1.54, 1.807) is 12.1 Å². The molecule has 0 radical (unpaired) electrons. The lowest BCUT2D eigenvalue weighted by atomic mass is 9.83. The maximum Gasteiger partial charge on any atom is 0.337 e. The Labute approximate surface area is 191 Å². The number of nitrogens with one attached hydrogen (secondary N) is 1. The van der Waals surface area contributed by atoms with E-state index in [1.165, 1.54) is 7.11 Å². The summed E-state index contributed by atoms with van der Waals surface area (Å²) in [7, 11) is 1.36. The Morgan fingerprint density at radius 3 is 2.19 bits per heavy atom. The molecule has 2 aromatic rings. The Morgan fingerprint density at radius 2 is 1.59 bits per heavy atom. The third-order valence-corrected chi connectivity index (χ3v) is 5.53. The van der Waals surface area contributed by atoms with Crippen LogP contribution in [0.15, 0.2) is 61.2 Å². The zero-order valence-corrected chi connectivity index (χ0v) is 19.4. The van der Waals surface area contributed by atoms with Crippen molar-refractivity contribution in [3.8, 4) is 0 Å². The van der Waals surface area contributed by atoms with Crippen molar-refractivity contribution in [2.75, 3.05) is 19.0 Å². The van der Waals surface area contributed by atoms with Crippen molar-refractivity contribution in [2.24, 2.45) is 5.92 Å². The highest BCUT2D eigenvalue weighted by Crippen LogP contribution is 2.32. The number of esters is 2. The van der Waals surface area contributed by atoms with E-state index >= 15 is 0 Å². The van der Waals surface area contributed by atoms with Crippen molar-refractivity contribution < 1.29 is 19.1 Å². The smallest absolute Gasteiger partial charge is 0.337 e. The number of hydrogen-bond donors (Lipinski definition) is 1. The van der Waals surface area contributed by atoms with Crippen molar-refractivity contribution in [2.45, 2.75) is 52.0 Å². The molecule has 0 aliphatic heterocycles. The zero-order valence-electron chi connectivity index (χ0n) is 19.4. The monoisotopic (exact) mass is 437 g/mol. The largest absolute Gasteiger partial charge is 0.465 e. The predicted octanol–water partition coefficient (Wildman–Crippen LogP) is 6.12. The van der Waals surface area contributed by atoms with Gasteiger partial charge in [0, 0.05) is 11.6 Å². The van der Waals surface area contributed by atoms with E-state index in [2.05, 4.69) is 18.8 Å². The highest BCUT2D eigenvalue weighted by molar-refractivity contribution is 5.90. The Morgan fingerprint density at radius 1 is 0.938 bits per heavy atom. The molecule has 2 aromatic carbocycles. The van der Waals surface area contributed by atoms with Gasteiger partial charge in [-0.2, -0.15) is 0 Å². The number of para-hydroxylation sites is 1. The first-order chi connectivity index (χ1) is 15.5. The number of benzene rings is 2. The fourth-order valence-electron chi connectivity index (χ4n) is 3.76. The first-order valence-electron chi connectivity index (χ1n) is 11.4. The lowest BCUT2D eigenvalue weighted by Crippen LogP contribution is -2.39. The van der Waals surface area contributed by atoms with Crippen LogP contribution in [0.5, 0.6) is 0 Å². The summed E-state index contributed by atoms with van der Waals surface area (Å²) in [4.78, 5) is 24.8. The fourth-order valence-corrected chi connectivity index (χ4v) is 3.76. The Balaban J connectivity index is 2.34. The Hall–Kier alpha value is -3.08. The van der Waals surface area contributed by atoms with Crippen LogP contribution in [0.25, 0.3) is 5.57 Å². The van der Waals surface area contributed by atoms with Crippen LogP contribution in [-0.2, 0) is 14.3 Å². The van der Waals surface area contributed by atoms with Crippen molar-refractivity contribution in [3.05, 3.63) is 72.3 Å². The van der Waals surface area contributed by atoms with Crippen LogP contribution >= 0.6 is 0 Å². The van der Waals surface area contributed by atoms with E-state index in [0.717, 1.165) is 48.9 Å². The molecule has 2 unspecified atom stereocenters. The van der Waals surface area contributed by atoms with Gasteiger partial charge in [-0.1, -0.05) is 69.5 Å². The molecule has 5 heteroatoms. The van der Waals surface area contributed by atoms with Crippen LogP contribution < -0.4 is 5.32 Å². The summed E-state index contributed by atoms with van der Waals surface area (Å²) >= 11 is 0. The van der Waals surface area contributed by atoms with Crippen LogP contribution in [0.4, 0.5) is 5.69 Å². The number of ether oxygens (including phenoxy) is 2. The van der Waals surface area contributed by atoms with E-state index in [0.29, 0.717) is 12.2 Å². The third-order valence-electron chi connectivity index (χ3n) is 5.53. The Kier molecular flexibility index (Phi) is 10.5. The van der Waals surface area contributed by atoms with E-state index in [4.69, 9.17) is 9.47 Å². The zero-order chi connectivity index (χ0) is 23.3. The summed E-state index contributed by atoms with van der Waals surface area (Å²) in [6.45, 7) is 8.67. The number of carbonyl (C=O) groups excluding carboxylic acids is 2. The molecular weight excluding hydrogens is 402 g/mol. The summed E-state index contributed by atoms with van der Waals surface area (Å²) < 4.78 is 10.2. The van der Waals surface area contributed by atoms with Gasteiger partial charge in [0.2, 0.25) is 0 Å². The average Bonchev–Trinajstić information content (AvgIpc) is 2.83. The molecule has 2 atom stereocenters. The number of unbranched alkanes of at least 4 members (excludes halogenated alkanes) is 3. The van der Waals surface area contributed by atoms with Gasteiger partial charge >= 0.3 is 11.9 Å². The van der Waals surface area contributed by atoms with Gasteiger partial charge in [0.1, 0.15) is 6.04 Å². The molecule has 0 saturated heterocycles. The van der Waals surface area contributed by atoms with E-state index in [1.807, 2.05) is 49.4 Å². The second kappa shape index (κ2) is 13.4. The fraction of sp³-hybridized carbons (Fsp3) is 0.407. The number of anilines is 1. The van der Waals surface area contributed by atoms with E-state index < -0.39 is 6.04 Å². The Bertz CT molecular complexity index is 861. The molecule has 2 rings (SSSR count). The standard InChI is InChI=1S/C27H35NO4/c1-5-7-8-12-15-24(20(3)21-16-18-22(19-17-21)26(29)31-4)25(27(30)32-6-2)28-23-13-10-9-11-14-23/h9-11,13-14,16-19,24-25,28H,3,5-8,12,15H2,1-2,4H3. The molecule has 0 fully saturated rings. The van der Waals surface area contributed by atoms with Gasteiger partial charge in [-0.15, -0.1) is 0 Å². The third kappa shape index (κ3) is 7.26. The molecule has 0 saturated carbocycles. The minimum absolute atomic E-state index is 0.157. The molecule has 5 nitrogen and oxygen atoms in total. The van der Waals surface area contributed by atoms with Crippen molar-refractivity contribution in [1.29, 1.82) is 0 Å². The van der Waals surface area contributed by atoms with E-state index in [-0.39, 0.29) is 17.9 Å². The van der Waals surface area contributed by atoms with Crippen molar-refractivity contribution in [3.63, 3.8) is 0 Å². The van der Waals surface area contributed by atoms with Gasteiger partial charge in [0.15, 0.2) is 0 Å². The molecule has 0 aliphatic rings. The molecule has 32 heavy (non-hydrogen) atoms. The minimum atomic E-state index is -0.563.